The SMILES string of the molecule is O=C(Nc1ccc(Cl)c(-n2nnnc2C2CC2)c1)C1CCOC1. The Kier molecular flexibility index (Phi) is 3.74. The van der Waals surface area contributed by atoms with Crippen LogP contribution in [-0.2, 0) is 9.53 Å². The zero-order valence-corrected chi connectivity index (χ0v) is 13.2. The quantitative estimate of drug-likeness (QED) is 0.927. The first-order valence-corrected chi connectivity index (χ1v) is 8.07. The minimum absolute atomic E-state index is 0.0325. The van der Waals surface area contributed by atoms with Crippen molar-refractivity contribution >= 4 is 23.2 Å². The van der Waals surface area contributed by atoms with Crippen LogP contribution in [0.3, 0.4) is 0 Å². The van der Waals surface area contributed by atoms with Gasteiger partial charge in [0.2, 0.25) is 5.91 Å². The summed E-state index contributed by atoms with van der Waals surface area (Å²) < 4.78 is 6.92. The number of amides is 1. The fraction of sp³-hybridized carbons (Fsp3) is 0.467. The van der Waals surface area contributed by atoms with Crippen molar-refractivity contribution in [3.05, 3.63) is 29.0 Å². The van der Waals surface area contributed by atoms with E-state index in [0.717, 1.165) is 25.1 Å². The number of halogens is 1. The molecular weight excluding hydrogens is 318 g/mol. The third kappa shape index (κ3) is 2.94. The van der Waals surface area contributed by atoms with Gasteiger partial charge in [0.1, 0.15) is 0 Å². The molecule has 1 saturated heterocycles. The van der Waals surface area contributed by atoms with Crippen LogP contribution < -0.4 is 5.32 Å². The lowest BCUT2D eigenvalue weighted by atomic mass is 10.1. The lowest BCUT2D eigenvalue weighted by molar-refractivity contribution is -0.119. The average molecular weight is 334 g/mol. The summed E-state index contributed by atoms with van der Waals surface area (Å²) in [5, 5.41) is 15.3. The van der Waals surface area contributed by atoms with Crippen molar-refractivity contribution in [2.24, 2.45) is 5.92 Å². The number of carbonyl (C=O) groups is 1. The number of ether oxygens (including phenoxy) is 1. The summed E-state index contributed by atoms with van der Waals surface area (Å²) in [7, 11) is 0. The Hall–Kier alpha value is -1.99. The molecule has 1 aliphatic heterocycles. The summed E-state index contributed by atoms with van der Waals surface area (Å²) in [5.74, 6) is 1.09. The lowest BCUT2D eigenvalue weighted by Crippen LogP contribution is -2.22. The van der Waals surface area contributed by atoms with E-state index in [2.05, 4.69) is 20.8 Å². The van der Waals surface area contributed by atoms with Gasteiger partial charge in [0.25, 0.3) is 0 Å². The molecule has 1 unspecified atom stereocenters. The number of nitrogens with one attached hydrogen (secondary N) is 1. The van der Waals surface area contributed by atoms with Crippen LogP contribution >= 0.6 is 11.6 Å². The number of carbonyl (C=O) groups excluding carboxylic acids is 1. The summed E-state index contributed by atoms with van der Waals surface area (Å²) in [6.07, 6.45) is 2.94. The van der Waals surface area contributed by atoms with Crippen molar-refractivity contribution in [1.82, 2.24) is 20.2 Å². The van der Waals surface area contributed by atoms with Crippen LogP contribution in [0.1, 0.15) is 31.0 Å². The topological polar surface area (TPSA) is 81.9 Å². The summed E-state index contributed by atoms with van der Waals surface area (Å²) in [6.45, 7) is 1.12. The van der Waals surface area contributed by atoms with Gasteiger partial charge in [-0.3, -0.25) is 4.79 Å². The fourth-order valence-corrected chi connectivity index (χ4v) is 2.90. The number of benzene rings is 1. The molecule has 7 nitrogen and oxygen atoms in total. The number of hydrogen-bond acceptors (Lipinski definition) is 5. The first kappa shape index (κ1) is 14.6. The van der Waals surface area contributed by atoms with Crippen LogP contribution in [0.15, 0.2) is 18.2 Å². The second-order valence-corrected chi connectivity index (χ2v) is 6.35. The van der Waals surface area contributed by atoms with Crippen molar-refractivity contribution in [3.8, 4) is 5.69 Å². The Bertz CT molecular complexity index is 737. The normalized spacial score (nSPS) is 20.7. The van der Waals surface area contributed by atoms with Crippen LogP contribution in [0.5, 0.6) is 0 Å². The van der Waals surface area contributed by atoms with Gasteiger partial charge in [-0.1, -0.05) is 11.6 Å². The monoisotopic (exact) mass is 333 g/mol. The third-order valence-electron chi connectivity index (χ3n) is 4.18. The molecule has 1 saturated carbocycles. The molecule has 0 bridgehead atoms. The number of anilines is 1. The Morgan fingerprint density at radius 2 is 2.22 bits per heavy atom. The maximum Gasteiger partial charge on any atom is 0.229 e. The van der Waals surface area contributed by atoms with E-state index >= 15 is 0 Å². The molecule has 2 aromatic rings. The summed E-state index contributed by atoms with van der Waals surface area (Å²) in [5.41, 5.74) is 1.36. The van der Waals surface area contributed by atoms with Crippen molar-refractivity contribution < 1.29 is 9.53 Å². The number of hydrogen-bond donors (Lipinski definition) is 1. The Morgan fingerprint density at radius 1 is 1.35 bits per heavy atom. The van der Waals surface area contributed by atoms with Crippen LogP contribution in [-0.4, -0.2) is 39.3 Å². The third-order valence-corrected chi connectivity index (χ3v) is 4.50. The van der Waals surface area contributed by atoms with E-state index < -0.39 is 0 Å². The molecular formula is C15H16ClN5O2. The predicted molar refractivity (Wildman–Crippen MR) is 83.7 cm³/mol. The van der Waals surface area contributed by atoms with Gasteiger partial charge >= 0.3 is 0 Å². The number of tetrazole rings is 1. The first-order valence-electron chi connectivity index (χ1n) is 7.69. The first-order chi connectivity index (χ1) is 11.2. The maximum absolute atomic E-state index is 12.2. The predicted octanol–water partition coefficient (Wildman–Crippen LogP) is 2.17. The van der Waals surface area contributed by atoms with E-state index in [-0.39, 0.29) is 11.8 Å². The fourth-order valence-electron chi connectivity index (χ4n) is 2.70. The molecule has 2 heterocycles. The van der Waals surface area contributed by atoms with Crippen LogP contribution in [0.2, 0.25) is 5.02 Å². The molecule has 2 fully saturated rings. The van der Waals surface area contributed by atoms with Crippen molar-refractivity contribution in [1.29, 1.82) is 0 Å². The second kappa shape index (κ2) is 5.90. The van der Waals surface area contributed by atoms with Crippen LogP contribution in [0.4, 0.5) is 5.69 Å². The number of rotatable bonds is 4. The van der Waals surface area contributed by atoms with E-state index in [1.54, 1.807) is 22.9 Å². The summed E-state index contributed by atoms with van der Waals surface area (Å²) in [6, 6.07) is 5.33. The molecule has 8 heteroatoms. The van der Waals surface area contributed by atoms with E-state index in [4.69, 9.17) is 16.3 Å². The molecule has 1 N–H and O–H groups in total. The Balaban J connectivity index is 1.60. The van der Waals surface area contributed by atoms with Gasteiger partial charge in [0.05, 0.1) is 23.2 Å². The second-order valence-electron chi connectivity index (χ2n) is 5.94. The smallest absolute Gasteiger partial charge is 0.229 e. The molecule has 1 aromatic carbocycles. The highest BCUT2D eigenvalue weighted by Gasteiger charge is 2.30. The van der Waals surface area contributed by atoms with E-state index in [0.29, 0.717) is 35.5 Å². The molecule has 0 spiro atoms. The zero-order valence-electron chi connectivity index (χ0n) is 12.4. The highest BCUT2D eigenvalue weighted by molar-refractivity contribution is 6.32. The van der Waals surface area contributed by atoms with Gasteiger partial charge < -0.3 is 10.1 Å². The minimum atomic E-state index is -0.0933. The Labute approximate surface area is 138 Å². The van der Waals surface area contributed by atoms with Crippen molar-refractivity contribution in [2.45, 2.75) is 25.2 Å². The molecule has 1 amide bonds. The number of aromatic nitrogens is 4. The van der Waals surface area contributed by atoms with E-state index in [9.17, 15) is 4.79 Å². The molecule has 1 aliphatic carbocycles. The van der Waals surface area contributed by atoms with Crippen LogP contribution in [0.25, 0.3) is 5.69 Å². The van der Waals surface area contributed by atoms with Gasteiger partial charge in [0.15, 0.2) is 5.82 Å². The molecule has 1 atom stereocenters. The standard InChI is InChI=1S/C15H16ClN5O2/c16-12-4-3-11(17-15(22)10-5-6-23-8-10)7-13(12)21-14(9-1-2-9)18-19-20-21/h3-4,7,9-10H,1-2,5-6,8H2,(H,17,22). The van der Waals surface area contributed by atoms with Gasteiger partial charge in [-0.25, -0.2) is 0 Å². The number of nitrogens with zero attached hydrogens (tertiary/aromatic N) is 4. The highest BCUT2D eigenvalue weighted by atomic mass is 35.5. The van der Waals surface area contributed by atoms with Gasteiger partial charge in [0, 0.05) is 18.2 Å². The molecule has 4 rings (SSSR count). The molecule has 1 aromatic heterocycles. The Morgan fingerprint density at radius 3 is 2.96 bits per heavy atom. The highest BCUT2D eigenvalue weighted by Crippen LogP contribution is 2.40. The van der Waals surface area contributed by atoms with Crippen molar-refractivity contribution in [3.63, 3.8) is 0 Å². The van der Waals surface area contributed by atoms with Crippen LogP contribution in [0, 0.1) is 5.92 Å². The van der Waals surface area contributed by atoms with Gasteiger partial charge in [-0.2, -0.15) is 4.68 Å². The van der Waals surface area contributed by atoms with Gasteiger partial charge in [-0.05, 0) is 47.9 Å². The molecule has 2 aliphatic rings. The van der Waals surface area contributed by atoms with E-state index in [1.807, 2.05) is 0 Å². The molecule has 23 heavy (non-hydrogen) atoms. The molecule has 120 valence electrons. The zero-order chi connectivity index (χ0) is 15.8. The largest absolute Gasteiger partial charge is 0.381 e. The lowest BCUT2D eigenvalue weighted by Gasteiger charge is -2.12. The van der Waals surface area contributed by atoms with E-state index in [1.165, 1.54) is 0 Å². The minimum Gasteiger partial charge on any atom is -0.381 e. The van der Waals surface area contributed by atoms with Gasteiger partial charge in [-0.15, -0.1) is 5.10 Å². The summed E-state index contributed by atoms with van der Waals surface area (Å²) >= 11 is 6.30. The molecule has 0 radical (unpaired) electrons. The van der Waals surface area contributed by atoms with Crippen molar-refractivity contribution in [2.75, 3.05) is 18.5 Å². The summed E-state index contributed by atoms with van der Waals surface area (Å²) in [4.78, 5) is 12.2. The maximum atomic E-state index is 12.2. The average Bonchev–Trinajstić information content (AvgIpc) is 3.04.